The minimum Gasteiger partial charge on any atom is -0.368 e. The average Bonchev–Trinajstić information content (AvgIpc) is 3.32. The molecule has 3 amide bonds. The van der Waals surface area contributed by atoms with E-state index in [9.17, 15) is 22.8 Å². The quantitative estimate of drug-likeness (QED) is 0.497. The summed E-state index contributed by atoms with van der Waals surface area (Å²) in [7, 11) is -3.34. The molecule has 2 aromatic carbocycles. The van der Waals surface area contributed by atoms with Crippen molar-refractivity contribution in [2.45, 2.75) is 38.3 Å². The molecule has 0 saturated carbocycles. The lowest BCUT2D eigenvalue weighted by atomic mass is 10.1. The number of amides is 3. The molecule has 0 aliphatic carbocycles. The van der Waals surface area contributed by atoms with Crippen LogP contribution in [-0.2, 0) is 24.2 Å². The molecular formula is C24H29N3O6S. The fourth-order valence-electron chi connectivity index (χ4n) is 3.50. The Kier molecular flexibility index (Phi) is 8.41. The van der Waals surface area contributed by atoms with Crippen molar-refractivity contribution in [1.82, 2.24) is 5.32 Å². The Labute approximate surface area is 199 Å². The Bertz CT molecular complexity index is 1140. The van der Waals surface area contributed by atoms with Crippen molar-refractivity contribution < 1.29 is 27.5 Å². The monoisotopic (exact) mass is 487 g/mol. The lowest BCUT2D eigenvalue weighted by Gasteiger charge is -2.19. The van der Waals surface area contributed by atoms with Crippen molar-refractivity contribution in [3.63, 3.8) is 0 Å². The van der Waals surface area contributed by atoms with E-state index in [1.54, 1.807) is 42.5 Å². The summed E-state index contributed by atoms with van der Waals surface area (Å²) < 4.78 is 28.7. The predicted octanol–water partition coefficient (Wildman–Crippen LogP) is 2.28. The number of nitrogens with one attached hydrogen (secondary N) is 3. The summed E-state index contributed by atoms with van der Waals surface area (Å²) in [6.07, 6.45) is 2.09. The smallest absolute Gasteiger partial charge is 0.253 e. The molecule has 3 rings (SSSR count). The molecule has 1 aliphatic heterocycles. The lowest BCUT2D eigenvalue weighted by molar-refractivity contribution is -0.124. The van der Waals surface area contributed by atoms with E-state index < -0.39 is 33.8 Å². The van der Waals surface area contributed by atoms with Gasteiger partial charge in [0.1, 0.15) is 22.0 Å². The van der Waals surface area contributed by atoms with Crippen molar-refractivity contribution in [3.8, 4) is 0 Å². The molecule has 0 bridgehead atoms. The van der Waals surface area contributed by atoms with E-state index in [1.807, 2.05) is 13.0 Å². The maximum Gasteiger partial charge on any atom is 0.253 e. The van der Waals surface area contributed by atoms with Gasteiger partial charge in [0.2, 0.25) is 5.91 Å². The van der Waals surface area contributed by atoms with Crippen LogP contribution in [0, 0.1) is 6.92 Å². The van der Waals surface area contributed by atoms with Crippen LogP contribution < -0.4 is 16.0 Å². The van der Waals surface area contributed by atoms with Crippen LogP contribution in [0.1, 0.15) is 35.2 Å². The van der Waals surface area contributed by atoms with Gasteiger partial charge >= 0.3 is 0 Å². The van der Waals surface area contributed by atoms with E-state index >= 15 is 0 Å². The summed E-state index contributed by atoms with van der Waals surface area (Å²) in [6, 6.07) is 12.3. The maximum absolute atomic E-state index is 12.9. The van der Waals surface area contributed by atoms with E-state index in [0.29, 0.717) is 30.0 Å². The number of sulfone groups is 1. The summed E-state index contributed by atoms with van der Waals surface area (Å²) in [4.78, 5) is 37.7. The largest absolute Gasteiger partial charge is 0.368 e. The van der Waals surface area contributed by atoms with Crippen molar-refractivity contribution in [3.05, 3.63) is 59.7 Å². The topological polar surface area (TPSA) is 131 Å². The standard InChI is InChI=1S/C24H29N3O6S/c1-16-5-3-6-17(15-16)22(28)27-20(12-14-34(2,31)32)23(29)25-18-8-10-19(11-9-18)26-24(30)21-7-4-13-33-21/h3,5-6,8-11,15,20-21H,4,7,12-14H2,1-2H3,(H,25,29)(H,26,30)(H,27,28)/t20-,21-/m1/s1. The molecule has 1 saturated heterocycles. The molecule has 2 atom stereocenters. The third-order valence-corrected chi connectivity index (χ3v) is 6.30. The highest BCUT2D eigenvalue weighted by Gasteiger charge is 2.25. The highest BCUT2D eigenvalue weighted by molar-refractivity contribution is 7.90. The molecule has 0 spiro atoms. The highest BCUT2D eigenvalue weighted by Crippen LogP contribution is 2.18. The van der Waals surface area contributed by atoms with Gasteiger partial charge in [-0.2, -0.15) is 0 Å². The molecule has 1 aliphatic rings. The zero-order valence-corrected chi connectivity index (χ0v) is 20.0. The van der Waals surface area contributed by atoms with Gasteiger partial charge in [-0.3, -0.25) is 14.4 Å². The average molecular weight is 488 g/mol. The Balaban J connectivity index is 1.65. The highest BCUT2D eigenvalue weighted by atomic mass is 32.2. The molecule has 34 heavy (non-hydrogen) atoms. The van der Waals surface area contributed by atoms with Crippen LogP contribution >= 0.6 is 0 Å². The molecule has 182 valence electrons. The second-order valence-electron chi connectivity index (χ2n) is 8.37. The van der Waals surface area contributed by atoms with Crippen molar-refractivity contribution >= 4 is 38.9 Å². The fourth-order valence-corrected chi connectivity index (χ4v) is 4.17. The van der Waals surface area contributed by atoms with Gasteiger partial charge in [-0.25, -0.2) is 8.42 Å². The molecule has 9 nitrogen and oxygen atoms in total. The number of carbonyl (C=O) groups excluding carboxylic acids is 3. The molecule has 1 fully saturated rings. The first kappa shape index (κ1) is 25.4. The van der Waals surface area contributed by atoms with Crippen molar-refractivity contribution in [2.75, 3.05) is 29.2 Å². The number of ether oxygens (including phenoxy) is 1. The first-order valence-corrected chi connectivity index (χ1v) is 13.1. The van der Waals surface area contributed by atoms with Crippen LogP contribution in [-0.4, -0.2) is 56.9 Å². The number of hydrogen-bond donors (Lipinski definition) is 3. The van der Waals surface area contributed by atoms with Gasteiger partial charge in [-0.15, -0.1) is 0 Å². The van der Waals surface area contributed by atoms with Crippen LogP contribution in [0.4, 0.5) is 11.4 Å². The predicted molar refractivity (Wildman–Crippen MR) is 129 cm³/mol. The minimum absolute atomic E-state index is 0.0717. The number of hydrogen-bond acceptors (Lipinski definition) is 6. The summed E-state index contributed by atoms with van der Waals surface area (Å²) in [5, 5.41) is 8.10. The Morgan fingerprint density at radius 2 is 1.74 bits per heavy atom. The number of benzene rings is 2. The molecule has 0 aromatic heterocycles. The zero-order chi connectivity index (χ0) is 24.7. The van der Waals surface area contributed by atoms with Gasteiger partial charge in [0, 0.05) is 29.8 Å². The lowest BCUT2D eigenvalue weighted by Crippen LogP contribution is -2.44. The third-order valence-electron chi connectivity index (χ3n) is 5.32. The molecule has 10 heteroatoms. The molecule has 3 N–H and O–H groups in total. The molecule has 0 radical (unpaired) electrons. The van der Waals surface area contributed by atoms with Gasteiger partial charge in [0.05, 0.1) is 5.75 Å². The van der Waals surface area contributed by atoms with Crippen LogP contribution in [0.2, 0.25) is 0 Å². The second-order valence-corrected chi connectivity index (χ2v) is 10.6. The fraction of sp³-hybridized carbons (Fsp3) is 0.375. The van der Waals surface area contributed by atoms with Crippen LogP contribution in [0.5, 0.6) is 0 Å². The Hall–Kier alpha value is -3.24. The summed E-state index contributed by atoms with van der Waals surface area (Å²) in [6.45, 7) is 2.42. The van der Waals surface area contributed by atoms with E-state index in [-0.39, 0.29) is 18.1 Å². The van der Waals surface area contributed by atoms with Gasteiger partial charge in [0.25, 0.3) is 11.8 Å². The minimum atomic E-state index is -3.34. The van der Waals surface area contributed by atoms with Crippen molar-refractivity contribution in [1.29, 1.82) is 0 Å². The van der Waals surface area contributed by atoms with Gasteiger partial charge in [-0.05, 0) is 62.6 Å². The molecular weight excluding hydrogens is 458 g/mol. The number of rotatable bonds is 9. The maximum atomic E-state index is 12.9. The summed E-state index contributed by atoms with van der Waals surface area (Å²) in [5.74, 6) is -1.48. The first-order valence-electron chi connectivity index (χ1n) is 11.0. The second kappa shape index (κ2) is 11.3. The SMILES string of the molecule is Cc1cccc(C(=O)N[C@H](CCS(C)(=O)=O)C(=O)Nc2ccc(NC(=O)[C@H]3CCCO3)cc2)c1. The van der Waals surface area contributed by atoms with E-state index in [2.05, 4.69) is 16.0 Å². The van der Waals surface area contributed by atoms with Gasteiger partial charge < -0.3 is 20.7 Å². The van der Waals surface area contributed by atoms with E-state index in [4.69, 9.17) is 4.74 Å². The Morgan fingerprint density at radius 3 is 2.32 bits per heavy atom. The Morgan fingerprint density at radius 1 is 1.06 bits per heavy atom. The molecule has 1 heterocycles. The normalized spacial score (nSPS) is 16.5. The zero-order valence-electron chi connectivity index (χ0n) is 19.2. The van der Waals surface area contributed by atoms with Gasteiger partial charge in [0.15, 0.2) is 0 Å². The van der Waals surface area contributed by atoms with E-state index in [1.165, 1.54) is 0 Å². The summed E-state index contributed by atoms with van der Waals surface area (Å²) in [5.41, 5.74) is 2.26. The van der Waals surface area contributed by atoms with Gasteiger partial charge in [-0.1, -0.05) is 17.7 Å². The number of anilines is 2. The van der Waals surface area contributed by atoms with Crippen LogP contribution in [0.3, 0.4) is 0 Å². The first-order chi connectivity index (χ1) is 16.1. The third kappa shape index (κ3) is 7.67. The summed E-state index contributed by atoms with van der Waals surface area (Å²) >= 11 is 0. The van der Waals surface area contributed by atoms with Crippen LogP contribution in [0.25, 0.3) is 0 Å². The number of carbonyl (C=O) groups is 3. The van der Waals surface area contributed by atoms with Crippen LogP contribution in [0.15, 0.2) is 48.5 Å². The van der Waals surface area contributed by atoms with Crippen molar-refractivity contribution in [2.24, 2.45) is 0 Å². The molecule has 2 aromatic rings. The van der Waals surface area contributed by atoms with E-state index in [0.717, 1.165) is 18.2 Å². The number of aryl methyl sites for hydroxylation is 1. The molecule has 0 unspecified atom stereocenters.